The minimum Gasteiger partial charge on any atom is -0.289 e. The Labute approximate surface area is 119 Å². The molecule has 1 aromatic rings. The molecule has 98 valence electrons. The molecule has 0 spiro atoms. The van der Waals surface area contributed by atoms with Gasteiger partial charge in [0.05, 0.1) is 5.02 Å². The summed E-state index contributed by atoms with van der Waals surface area (Å²) in [6.45, 7) is 11.1. The Bertz CT molecular complexity index is 577. The number of allylic oxidation sites excluding steroid dienone is 6. The van der Waals surface area contributed by atoms with E-state index in [0.29, 0.717) is 16.2 Å². The standard InChI is InChI=1S/C17H17ClO/c1-5-7-8-13(6-2)14-9-10-16(18)15(11-14)17(19)12(3)4/h5-11H,2-3H2,1,4H3. The van der Waals surface area contributed by atoms with E-state index in [2.05, 4.69) is 13.2 Å². The number of ketones is 1. The summed E-state index contributed by atoms with van der Waals surface area (Å²) < 4.78 is 0. The smallest absolute Gasteiger partial charge is 0.189 e. The molecule has 1 rings (SSSR count). The van der Waals surface area contributed by atoms with Gasteiger partial charge in [0.15, 0.2) is 5.78 Å². The van der Waals surface area contributed by atoms with E-state index in [0.717, 1.165) is 11.1 Å². The van der Waals surface area contributed by atoms with Gasteiger partial charge in [-0.25, -0.2) is 0 Å². The molecular formula is C17H17ClO. The molecule has 0 saturated heterocycles. The summed E-state index contributed by atoms with van der Waals surface area (Å²) in [5, 5.41) is 0.436. The molecule has 0 saturated carbocycles. The third-order valence-corrected chi connectivity index (χ3v) is 2.95. The van der Waals surface area contributed by atoms with Gasteiger partial charge < -0.3 is 0 Å². The first kappa shape index (κ1) is 15.2. The Hall–Kier alpha value is -1.86. The quantitative estimate of drug-likeness (QED) is 0.407. The topological polar surface area (TPSA) is 17.1 Å². The average molecular weight is 273 g/mol. The molecule has 0 fully saturated rings. The molecule has 0 unspecified atom stereocenters. The van der Waals surface area contributed by atoms with Crippen molar-refractivity contribution in [2.24, 2.45) is 0 Å². The van der Waals surface area contributed by atoms with Crippen molar-refractivity contribution < 1.29 is 4.79 Å². The van der Waals surface area contributed by atoms with Crippen LogP contribution in [0.3, 0.4) is 0 Å². The molecule has 19 heavy (non-hydrogen) atoms. The highest BCUT2D eigenvalue weighted by Gasteiger charge is 2.12. The van der Waals surface area contributed by atoms with Gasteiger partial charge in [-0.2, -0.15) is 0 Å². The fourth-order valence-corrected chi connectivity index (χ4v) is 1.79. The Morgan fingerprint density at radius 1 is 1.37 bits per heavy atom. The molecule has 0 heterocycles. The van der Waals surface area contributed by atoms with Crippen molar-refractivity contribution in [3.8, 4) is 0 Å². The van der Waals surface area contributed by atoms with Gasteiger partial charge >= 0.3 is 0 Å². The maximum atomic E-state index is 12.0. The van der Waals surface area contributed by atoms with Gasteiger partial charge in [-0.15, -0.1) is 0 Å². The van der Waals surface area contributed by atoms with Gasteiger partial charge in [-0.05, 0) is 42.7 Å². The average Bonchev–Trinajstić information content (AvgIpc) is 2.40. The zero-order valence-corrected chi connectivity index (χ0v) is 12.0. The summed E-state index contributed by atoms with van der Waals surface area (Å²) in [5.41, 5.74) is 2.78. The van der Waals surface area contributed by atoms with Gasteiger partial charge in [0.1, 0.15) is 0 Å². The Kier molecular flexibility index (Phi) is 5.53. The van der Waals surface area contributed by atoms with E-state index in [4.69, 9.17) is 11.6 Å². The van der Waals surface area contributed by atoms with Crippen molar-refractivity contribution in [2.45, 2.75) is 13.8 Å². The number of rotatable bonds is 5. The first-order valence-electron chi connectivity index (χ1n) is 5.96. The van der Waals surface area contributed by atoms with Crippen molar-refractivity contribution in [3.63, 3.8) is 0 Å². The largest absolute Gasteiger partial charge is 0.289 e. The second-order valence-electron chi connectivity index (χ2n) is 4.16. The summed E-state index contributed by atoms with van der Waals surface area (Å²) in [7, 11) is 0. The van der Waals surface area contributed by atoms with Crippen LogP contribution < -0.4 is 0 Å². The van der Waals surface area contributed by atoms with Crippen LogP contribution >= 0.6 is 11.6 Å². The molecule has 0 radical (unpaired) electrons. The first-order valence-corrected chi connectivity index (χ1v) is 6.34. The van der Waals surface area contributed by atoms with Gasteiger partial charge in [-0.3, -0.25) is 4.79 Å². The molecule has 0 aromatic heterocycles. The molecule has 0 bridgehead atoms. The molecule has 0 aliphatic rings. The van der Waals surface area contributed by atoms with Crippen LogP contribution in [0.15, 0.2) is 61.2 Å². The van der Waals surface area contributed by atoms with E-state index < -0.39 is 0 Å². The van der Waals surface area contributed by atoms with Crippen molar-refractivity contribution in [1.82, 2.24) is 0 Å². The summed E-state index contributed by atoms with van der Waals surface area (Å²) in [6.07, 6.45) is 7.54. The summed E-state index contributed by atoms with van der Waals surface area (Å²) in [6, 6.07) is 5.37. The maximum absolute atomic E-state index is 12.0. The lowest BCUT2D eigenvalue weighted by molar-refractivity contribution is 0.103. The van der Waals surface area contributed by atoms with Gasteiger partial charge in [0.25, 0.3) is 0 Å². The molecule has 1 nitrogen and oxygen atoms in total. The monoisotopic (exact) mass is 272 g/mol. The number of hydrogen-bond acceptors (Lipinski definition) is 1. The second kappa shape index (κ2) is 6.91. The maximum Gasteiger partial charge on any atom is 0.189 e. The van der Waals surface area contributed by atoms with E-state index in [1.165, 1.54) is 0 Å². The lowest BCUT2D eigenvalue weighted by Crippen LogP contribution is -2.01. The lowest BCUT2D eigenvalue weighted by atomic mass is 9.99. The van der Waals surface area contributed by atoms with Crippen LogP contribution in [0.2, 0.25) is 5.02 Å². The van der Waals surface area contributed by atoms with E-state index in [1.807, 2.05) is 31.2 Å². The minimum absolute atomic E-state index is 0.138. The number of carbonyl (C=O) groups excluding carboxylic acids is 1. The fourth-order valence-electron chi connectivity index (χ4n) is 1.59. The number of benzene rings is 1. The molecule has 2 heteroatoms. The van der Waals surface area contributed by atoms with Gasteiger partial charge in [0, 0.05) is 5.56 Å². The van der Waals surface area contributed by atoms with Crippen molar-refractivity contribution in [2.75, 3.05) is 0 Å². The molecule has 1 aromatic carbocycles. The fraction of sp³-hybridized carbons (Fsp3) is 0.118. The molecule has 0 atom stereocenters. The van der Waals surface area contributed by atoms with Crippen LogP contribution in [0.4, 0.5) is 0 Å². The van der Waals surface area contributed by atoms with Crippen LogP contribution in [0.25, 0.3) is 5.57 Å². The second-order valence-corrected chi connectivity index (χ2v) is 4.56. The summed E-state index contributed by atoms with van der Waals surface area (Å²) in [5.74, 6) is -0.138. The van der Waals surface area contributed by atoms with Crippen molar-refractivity contribution in [1.29, 1.82) is 0 Å². The molecule has 0 aliphatic carbocycles. The number of halogens is 1. The van der Waals surface area contributed by atoms with Crippen LogP contribution in [-0.4, -0.2) is 5.78 Å². The number of carbonyl (C=O) groups is 1. The summed E-state index contributed by atoms with van der Waals surface area (Å²) >= 11 is 6.07. The van der Waals surface area contributed by atoms with Crippen LogP contribution in [0.5, 0.6) is 0 Å². The summed E-state index contributed by atoms with van der Waals surface area (Å²) in [4.78, 5) is 12.0. The van der Waals surface area contributed by atoms with Crippen LogP contribution in [0, 0.1) is 0 Å². The highest BCUT2D eigenvalue weighted by atomic mass is 35.5. The predicted octanol–water partition coefficient (Wildman–Crippen LogP) is 5.24. The Balaban J connectivity index is 3.33. The molecular weight excluding hydrogens is 256 g/mol. The number of Topliss-reactive ketones (excluding diaryl/α,β-unsaturated/α-hetero) is 1. The van der Waals surface area contributed by atoms with Crippen molar-refractivity contribution in [3.05, 3.63) is 77.4 Å². The van der Waals surface area contributed by atoms with Crippen LogP contribution in [0.1, 0.15) is 29.8 Å². The number of hydrogen-bond donors (Lipinski definition) is 0. The zero-order valence-electron chi connectivity index (χ0n) is 11.2. The third kappa shape index (κ3) is 3.80. The van der Waals surface area contributed by atoms with E-state index in [9.17, 15) is 4.79 Å². The highest BCUT2D eigenvalue weighted by molar-refractivity contribution is 6.35. The van der Waals surface area contributed by atoms with E-state index in [-0.39, 0.29) is 5.78 Å². The van der Waals surface area contributed by atoms with Gasteiger partial charge in [0.2, 0.25) is 0 Å². The van der Waals surface area contributed by atoms with E-state index >= 15 is 0 Å². The van der Waals surface area contributed by atoms with Gasteiger partial charge in [-0.1, -0.05) is 55.1 Å². The lowest BCUT2D eigenvalue weighted by Gasteiger charge is -2.07. The molecule has 0 N–H and O–H groups in total. The normalized spacial score (nSPS) is 11.6. The molecule has 0 amide bonds. The molecule has 0 aliphatic heterocycles. The highest BCUT2D eigenvalue weighted by Crippen LogP contribution is 2.24. The van der Waals surface area contributed by atoms with Crippen LogP contribution in [-0.2, 0) is 0 Å². The predicted molar refractivity (Wildman–Crippen MR) is 83.6 cm³/mol. The van der Waals surface area contributed by atoms with Crippen molar-refractivity contribution >= 4 is 23.0 Å². The first-order chi connectivity index (χ1) is 9.01. The Morgan fingerprint density at radius 2 is 2.05 bits per heavy atom. The third-order valence-electron chi connectivity index (χ3n) is 2.62. The van der Waals surface area contributed by atoms with E-state index in [1.54, 1.807) is 25.1 Å². The Morgan fingerprint density at radius 3 is 2.58 bits per heavy atom. The zero-order chi connectivity index (χ0) is 14.4. The SMILES string of the molecule is C=CC(=CC=CC)c1ccc(Cl)c(C(=O)C(=C)C)c1. The minimum atomic E-state index is -0.138.